The zero-order valence-corrected chi connectivity index (χ0v) is 10.9. The zero-order chi connectivity index (χ0) is 12.8. The monoisotopic (exact) mass is 302 g/mol. The van der Waals surface area contributed by atoms with Gasteiger partial charge in [-0.15, -0.1) is 0 Å². The molecule has 0 heterocycles. The second kappa shape index (κ2) is 6.49. The smallest absolute Gasteiger partial charge is 0.338 e. The van der Waals surface area contributed by atoms with E-state index in [-0.39, 0.29) is 29.7 Å². The maximum absolute atomic E-state index is 13.1. The minimum atomic E-state index is -0.537. The molecule has 1 aromatic carbocycles. The van der Waals surface area contributed by atoms with Crippen LogP contribution < -0.4 is 0 Å². The average Bonchev–Trinajstić information content (AvgIpc) is 2.29. The highest BCUT2D eigenvalue weighted by Gasteiger charge is 2.15. The number of esters is 1. The van der Waals surface area contributed by atoms with E-state index in [1.807, 2.05) is 0 Å². The van der Waals surface area contributed by atoms with Crippen molar-refractivity contribution in [1.29, 1.82) is 0 Å². The Morgan fingerprint density at radius 3 is 2.71 bits per heavy atom. The topological polar surface area (TPSA) is 43.4 Å². The summed E-state index contributed by atoms with van der Waals surface area (Å²) in [7, 11) is 0. The Kier molecular flexibility index (Phi) is 5.28. The van der Waals surface area contributed by atoms with Crippen molar-refractivity contribution in [2.45, 2.75) is 13.3 Å². The molecule has 0 aromatic heterocycles. The molecule has 0 fully saturated rings. The van der Waals surface area contributed by atoms with Crippen molar-refractivity contribution in [2.24, 2.45) is 0 Å². The number of carbonyl (C=O) groups is 2. The normalized spacial score (nSPS) is 10.1. The molecule has 0 saturated heterocycles. The predicted octanol–water partition coefficient (Wildman–Crippen LogP) is 2.51. The molecule has 0 N–H and O–H groups in total. The van der Waals surface area contributed by atoms with E-state index in [9.17, 15) is 14.0 Å². The molecule has 0 aliphatic rings. The molecule has 0 amide bonds. The lowest BCUT2D eigenvalue weighted by Gasteiger charge is -2.07. The summed E-state index contributed by atoms with van der Waals surface area (Å²) in [5.41, 5.74) is 0.593. The number of alkyl halides is 1. The summed E-state index contributed by atoms with van der Waals surface area (Å²) >= 11 is 3.02. The van der Waals surface area contributed by atoms with Crippen molar-refractivity contribution in [3.05, 3.63) is 35.1 Å². The van der Waals surface area contributed by atoms with Gasteiger partial charge in [0.25, 0.3) is 0 Å². The zero-order valence-electron chi connectivity index (χ0n) is 9.33. The van der Waals surface area contributed by atoms with E-state index in [4.69, 9.17) is 4.74 Å². The lowest BCUT2D eigenvalue weighted by Crippen LogP contribution is -2.12. The van der Waals surface area contributed by atoms with Gasteiger partial charge in [-0.25, -0.2) is 9.18 Å². The van der Waals surface area contributed by atoms with Crippen LogP contribution in [0.25, 0.3) is 0 Å². The number of rotatable bonds is 5. The van der Waals surface area contributed by atoms with Crippen molar-refractivity contribution in [3.63, 3.8) is 0 Å². The quantitative estimate of drug-likeness (QED) is 0.620. The summed E-state index contributed by atoms with van der Waals surface area (Å²) < 4.78 is 17.9. The van der Waals surface area contributed by atoms with Crippen molar-refractivity contribution in [2.75, 3.05) is 11.9 Å². The van der Waals surface area contributed by atoms with E-state index in [0.717, 1.165) is 0 Å². The fourth-order valence-corrected chi connectivity index (χ4v) is 1.57. The fraction of sp³-hybridized carbons (Fsp3) is 0.333. The van der Waals surface area contributed by atoms with Crippen molar-refractivity contribution in [1.82, 2.24) is 0 Å². The first-order chi connectivity index (χ1) is 8.08. The molecule has 0 unspecified atom stereocenters. The number of halogens is 2. The van der Waals surface area contributed by atoms with Crippen LogP contribution in [0, 0.1) is 5.82 Å². The molecule has 0 saturated carbocycles. The third kappa shape index (κ3) is 3.93. The molecule has 0 spiro atoms. The molecule has 0 radical (unpaired) electrons. The fourth-order valence-electron chi connectivity index (χ4n) is 1.38. The van der Waals surface area contributed by atoms with Crippen LogP contribution in [-0.2, 0) is 16.0 Å². The Morgan fingerprint density at radius 2 is 2.12 bits per heavy atom. The highest BCUT2D eigenvalue weighted by molar-refractivity contribution is 9.09. The Balaban J connectivity index is 3.03. The third-order valence-electron chi connectivity index (χ3n) is 2.10. The summed E-state index contributed by atoms with van der Waals surface area (Å²) in [4.78, 5) is 22.9. The first-order valence-corrected chi connectivity index (χ1v) is 6.23. The van der Waals surface area contributed by atoms with Gasteiger partial charge in [0.05, 0.1) is 17.5 Å². The van der Waals surface area contributed by atoms with Gasteiger partial charge in [0.15, 0.2) is 0 Å². The van der Waals surface area contributed by atoms with Crippen LogP contribution in [0.1, 0.15) is 22.8 Å². The minimum Gasteiger partial charge on any atom is -0.462 e. The molecule has 3 nitrogen and oxygen atoms in total. The second-order valence-electron chi connectivity index (χ2n) is 3.37. The molecule has 17 heavy (non-hydrogen) atoms. The van der Waals surface area contributed by atoms with E-state index < -0.39 is 11.8 Å². The SMILES string of the molecule is CCOC(=O)c1ccc(F)cc1CC(=O)CBr. The molecule has 0 atom stereocenters. The number of Topliss-reactive ketones (excluding diaryl/α,β-unsaturated/α-hetero) is 1. The molecule has 1 rings (SSSR count). The largest absolute Gasteiger partial charge is 0.462 e. The maximum Gasteiger partial charge on any atom is 0.338 e. The first kappa shape index (κ1) is 13.8. The number of hydrogen-bond donors (Lipinski definition) is 0. The van der Waals surface area contributed by atoms with Gasteiger partial charge in [-0.1, -0.05) is 15.9 Å². The maximum atomic E-state index is 13.1. The van der Waals surface area contributed by atoms with E-state index in [1.54, 1.807) is 6.92 Å². The van der Waals surface area contributed by atoms with E-state index in [1.165, 1.54) is 18.2 Å². The second-order valence-corrected chi connectivity index (χ2v) is 3.93. The lowest BCUT2D eigenvalue weighted by atomic mass is 10.0. The van der Waals surface area contributed by atoms with Crippen molar-refractivity contribution in [3.8, 4) is 0 Å². The van der Waals surface area contributed by atoms with Crippen LogP contribution >= 0.6 is 15.9 Å². The number of hydrogen-bond acceptors (Lipinski definition) is 3. The standard InChI is InChI=1S/C12H12BrFO3/c1-2-17-12(16)11-4-3-9(14)5-8(11)6-10(15)7-13/h3-5H,2,6-7H2,1H3. The Morgan fingerprint density at radius 1 is 1.41 bits per heavy atom. The molecule has 5 heteroatoms. The number of benzene rings is 1. The number of ether oxygens (including phenoxy) is 1. The van der Waals surface area contributed by atoms with E-state index in [2.05, 4.69) is 15.9 Å². The molecular weight excluding hydrogens is 291 g/mol. The van der Waals surface area contributed by atoms with Gasteiger partial charge in [0, 0.05) is 6.42 Å². The molecule has 0 aliphatic heterocycles. The average molecular weight is 303 g/mol. The van der Waals surface area contributed by atoms with Gasteiger partial charge in [-0.2, -0.15) is 0 Å². The molecule has 1 aromatic rings. The Hall–Kier alpha value is -1.23. The van der Waals surface area contributed by atoms with Gasteiger partial charge in [0.1, 0.15) is 11.6 Å². The van der Waals surface area contributed by atoms with Gasteiger partial charge < -0.3 is 4.74 Å². The summed E-state index contributed by atoms with van der Waals surface area (Å²) in [6.45, 7) is 1.92. The summed E-state index contributed by atoms with van der Waals surface area (Å²) in [5, 5.41) is 0.172. The van der Waals surface area contributed by atoms with Crippen LogP contribution in [0.2, 0.25) is 0 Å². The van der Waals surface area contributed by atoms with Crippen LogP contribution in [-0.4, -0.2) is 23.7 Å². The number of ketones is 1. The molecule has 92 valence electrons. The Bertz CT molecular complexity index is 432. The highest BCUT2D eigenvalue weighted by Crippen LogP contribution is 2.14. The minimum absolute atomic E-state index is 0.0111. The summed E-state index contributed by atoms with van der Waals surface area (Å²) in [6, 6.07) is 3.70. The molecular formula is C12H12BrFO3. The third-order valence-corrected chi connectivity index (χ3v) is 2.72. The highest BCUT2D eigenvalue weighted by atomic mass is 79.9. The van der Waals surface area contributed by atoms with Crippen LogP contribution in [0.15, 0.2) is 18.2 Å². The Labute approximate surface area is 107 Å². The molecule has 0 aliphatic carbocycles. The van der Waals surface area contributed by atoms with Gasteiger partial charge in [0.2, 0.25) is 0 Å². The van der Waals surface area contributed by atoms with Crippen LogP contribution in [0.4, 0.5) is 4.39 Å². The first-order valence-electron chi connectivity index (χ1n) is 5.11. The predicted molar refractivity (Wildman–Crippen MR) is 64.9 cm³/mol. The van der Waals surface area contributed by atoms with Crippen LogP contribution in [0.3, 0.4) is 0 Å². The number of carbonyl (C=O) groups excluding carboxylic acids is 2. The van der Waals surface area contributed by atoms with Crippen molar-refractivity contribution >= 4 is 27.7 Å². The van der Waals surface area contributed by atoms with Crippen molar-refractivity contribution < 1.29 is 18.7 Å². The van der Waals surface area contributed by atoms with Gasteiger partial charge >= 0.3 is 5.97 Å². The van der Waals surface area contributed by atoms with E-state index in [0.29, 0.717) is 5.56 Å². The van der Waals surface area contributed by atoms with Gasteiger partial charge in [-0.05, 0) is 30.7 Å². The van der Waals surface area contributed by atoms with E-state index >= 15 is 0 Å². The summed E-state index contributed by atoms with van der Waals surface area (Å²) in [6.07, 6.45) is 0.0111. The van der Waals surface area contributed by atoms with Crippen LogP contribution in [0.5, 0.6) is 0 Å². The lowest BCUT2D eigenvalue weighted by molar-refractivity contribution is -0.115. The molecule has 0 bridgehead atoms. The van der Waals surface area contributed by atoms with Gasteiger partial charge in [-0.3, -0.25) is 4.79 Å². The summed E-state index contributed by atoms with van der Waals surface area (Å²) in [5.74, 6) is -1.14.